The predicted molar refractivity (Wildman–Crippen MR) is 110 cm³/mol. The van der Waals surface area contributed by atoms with Gasteiger partial charge in [0, 0.05) is 17.7 Å². The van der Waals surface area contributed by atoms with E-state index in [1.165, 1.54) is 6.07 Å². The summed E-state index contributed by atoms with van der Waals surface area (Å²) < 4.78 is 15.7. The van der Waals surface area contributed by atoms with Gasteiger partial charge in [-0.05, 0) is 18.2 Å². The van der Waals surface area contributed by atoms with Crippen LogP contribution in [0.15, 0.2) is 39.5 Å². The lowest BCUT2D eigenvalue weighted by Crippen LogP contribution is -2.61. The molecule has 1 saturated heterocycles. The van der Waals surface area contributed by atoms with Gasteiger partial charge in [-0.25, -0.2) is 4.79 Å². The number of phenols is 3. The summed E-state index contributed by atoms with van der Waals surface area (Å²) in [5.74, 6) is -4.92. The number of aliphatic hydroxyl groups excluding tert-OH is 3. The third-order valence-corrected chi connectivity index (χ3v) is 5.21. The van der Waals surface area contributed by atoms with Gasteiger partial charge in [0.05, 0.1) is 0 Å². The molecule has 13 heteroatoms. The number of ether oxygens (including phenoxy) is 2. The van der Waals surface area contributed by atoms with Gasteiger partial charge in [-0.15, -0.1) is 0 Å². The van der Waals surface area contributed by atoms with Crippen LogP contribution in [-0.2, 0) is 9.53 Å². The molecule has 2 aromatic carbocycles. The average molecular weight is 478 g/mol. The monoisotopic (exact) mass is 478 g/mol. The number of carbonyl (C=O) groups is 1. The van der Waals surface area contributed by atoms with Crippen LogP contribution in [0.1, 0.15) is 0 Å². The van der Waals surface area contributed by atoms with Crippen molar-refractivity contribution in [3.05, 3.63) is 40.6 Å². The van der Waals surface area contributed by atoms with E-state index in [-0.39, 0.29) is 22.3 Å². The molecule has 8 N–H and O–H groups in total. The Morgan fingerprint density at radius 1 is 0.912 bits per heavy atom. The fourth-order valence-corrected chi connectivity index (χ4v) is 3.50. The van der Waals surface area contributed by atoms with E-state index in [0.29, 0.717) is 0 Å². The number of aliphatic carboxylic acids is 1. The minimum Gasteiger partial charge on any atom is -0.508 e. The highest BCUT2D eigenvalue weighted by Crippen LogP contribution is 2.39. The van der Waals surface area contributed by atoms with E-state index in [1.54, 1.807) is 0 Å². The number of carboxylic acids is 1. The summed E-state index contributed by atoms with van der Waals surface area (Å²) >= 11 is 0. The minimum absolute atomic E-state index is 0.0341. The van der Waals surface area contributed by atoms with E-state index in [2.05, 4.69) is 0 Å². The molecule has 0 aliphatic carbocycles. The van der Waals surface area contributed by atoms with Gasteiger partial charge in [-0.1, -0.05) is 0 Å². The molecule has 0 radical (unpaired) electrons. The zero-order valence-electron chi connectivity index (χ0n) is 16.9. The van der Waals surface area contributed by atoms with Crippen LogP contribution in [0.3, 0.4) is 0 Å². The lowest BCUT2D eigenvalue weighted by Gasteiger charge is -2.38. The van der Waals surface area contributed by atoms with Crippen molar-refractivity contribution in [2.45, 2.75) is 30.7 Å². The molecule has 1 aliphatic heterocycles. The molecule has 180 valence electrons. The molecule has 0 spiro atoms. The average Bonchev–Trinajstić information content (AvgIpc) is 2.77. The maximum Gasteiger partial charge on any atom is 0.335 e. The third kappa shape index (κ3) is 3.82. The van der Waals surface area contributed by atoms with Crippen LogP contribution in [0.4, 0.5) is 0 Å². The smallest absolute Gasteiger partial charge is 0.335 e. The van der Waals surface area contributed by atoms with Crippen LogP contribution in [-0.4, -0.2) is 77.5 Å². The summed E-state index contributed by atoms with van der Waals surface area (Å²) in [5.41, 5.74) is -1.28. The van der Waals surface area contributed by atoms with Gasteiger partial charge in [0.1, 0.15) is 40.8 Å². The van der Waals surface area contributed by atoms with Crippen molar-refractivity contribution in [1.82, 2.24) is 0 Å². The first-order valence-electron chi connectivity index (χ1n) is 9.64. The molecule has 3 aromatic rings. The number of phenolic OH excluding ortho intramolecular Hbond substituents is 3. The number of carboxylic acid groups (broad SMARTS) is 1. The molecule has 1 aromatic heterocycles. The molecule has 0 bridgehead atoms. The molecule has 0 amide bonds. The number of fused-ring (bicyclic) bond motifs is 1. The molecule has 13 nitrogen and oxygen atoms in total. The molecule has 4 rings (SSSR count). The standard InChI is InChI=1S/C21H18O13/c22-7-4-9(24)12-11(5-7)32-18(15(27)13(12)25)6-1-2-10(8(23)3-6)33-21-17(29)14(26)16(28)19(34-21)20(30)31/h1-5,14,16-17,19,21-24,26-29H,(H,30,31). The molecule has 34 heavy (non-hydrogen) atoms. The highest BCUT2D eigenvalue weighted by atomic mass is 16.7. The predicted octanol–water partition coefficient (Wildman–Crippen LogP) is -0.447. The fourth-order valence-electron chi connectivity index (χ4n) is 3.50. The maximum absolute atomic E-state index is 12.5. The number of benzene rings is 2. The number of rotatable bonds is 4. The summed E-state index contributed by atoms with van der Waals surface area (Å²) in [4.78, 5) is 23.7. The Hall–Kier alpha value is -4.04. The minimum atomic E-state index is -1.93. The summed E-state index contributed by atoms with van der Waals surface area (Å²) in [6, 6.07) is 5.26. The highest BCUT2D eigenvalue weighted by Gasteiger charge is 2.48. The molecule has 5 unspecified atom stereocenters. The second-order valence-corrected chi connectivity index (χ2v) is 7.48. The van der Waals surface area contributed by atoms with Crippen molar-refractivity contribution in [2.24, 2.45) is 0 Å². The number of hydrogen-bond donors (Lipinski definition) is 8. The zero-order valence-corrected chi connectivity index (χ0v) is 16.9. The van der Waals surface area contributed by atoms with Crippen LogP contribution in [0.5, 0.6) is 28.7 Å². The first kappa shape index (κ1) is 23.1. The molecule has 5 atom stereocenters. The van der Waals surface area contributed by atoms with E-state index < -0.39 is 70.9 Å². The quantitative estimate of drug-likeness (QED) is 0.238. The Kier molecular flexibility index (Phi) is 5.70. The van der Waals surface area contributed by atoms with Crippen LogP contribution in [0.2, 0.25) is 0 Å². The lowest BCUT2D eigenvalue weighted by atomic mass is 9.99. The van der Waals surface area contributed by atoms with E-state index in [4.69, 9.17) is 19.0 Å². The van der Waals surface area contributed by atoms with Crippen molar-refractivity contribution in [2.75, 3.05) is 0 Å². The van der Waals surface area contributed by atoms with Crippen LogP contribution < -0.4 is 10.2 Å². The Labute approximate surface area is 188 Å². The van der Waals surface area contributed by atoms with Gasteiger partial charge in [-0.2, -0.15) is 0 Å². The van der Waals surface area contributed by atoms with Gasteiger partial charge in [0.2, 0.25) is 17.5 Å². The van der Waals surface area contributed by atoms with Gasteiger partial charge in [0.15, 0.2) is 23.4 Å². The van der Waals surface area contributed by atoms with Crippen molar-refractivity contribution >= 4 is 16.9 Å². The Balaban J connectivity index is 1.68. The van der Waals surface area contributed by atoms with Crippen molar-refractivity contribution in [3.63, 3.8) is 0 Å². The maximum atomic E-state index is 12.5. The van der Waals surface area contributed by atoms with Crippen molar-refractivity contribution in [1.29, 1.82) is 0 Å². The van der Waals surface area contributed by atoms with Crippen LogP contribution >= 0.6 is 0 Å². The number of hydrogen-bond acceptors (Lipinski definition) is 12. The summed E-state index contributed by atoms with van der Waals surface area (Å²) in [7, 11) is 0. The molecule has 2 heterocycles. The first-order valence-corrected chi connectivity index (χ1v) is 9.64. The van der Waals surface area contributed by atoms with Gasteiger partial charge >= 0.3 is 5.97 Å². The molecular weight excluding hydrogens is 460 g/mol. The Morgan fingerprint density at radius 3 is 2.26 bits per heavy atom. The summed E-state index contributed by atoms with van der Waals surface area (Å²) in [6.07, 6.45) is -9.41. The summed E-state index contributed by atoms with van der Waals surface area (Å²) in [5, 5.41) is 78.5. The second kappa shape index (κ2) is 8.39. The van der Waals surface area contributed by atoms with Crippen molar-refractivity contribution in [3.8, 4) is 40.1 Å². The first-order chi connectivity index (χ1) is 16.0. The Bertz CT molecular complexity index is 1330. The van der Waals surface area contributed by atoms with E-state index in [1.807, 2.05) is 0 Å². The summed E-state index contributed by atoms with van der Waals surface area (Å²) in [6.45, 7) is 0. The van der Waals surface area contributed by atoms with Gasteiger partial charge in [0.25, 0.3) is 0 Å². The third-order valence-electron chi connectivity index (χ3n) is 5.21. The van der Waals surface area contributed by atoms with E-state index >= 15 is 0 Å². The Morgan fingerprint density at radius 2 is 1.62 bits per heavy atom. The van der Waals surface area contributed by atoms with Crippen LogP contribution in [0.25, 0.3) is 22.3 Å². The SMILES string of the molecule is O=C(O)C1OC(Oc2ccc(-c3oc4cc(O)cc(O)c4c(=O)c3O)cc2O)C(O)C(O)C1O. The highest BCUT2D eigenvalue weighted by molar-refractivity contribution is 5.88. The number of aromatic hydroxyl groups is 4. The lowest BCUT2D eigenvalue weighted by molar-refractivity contribution is -0.271. The molecule has 0 saturated carbocycles. The van der Waals surface area contributed by atoms with Gasteiger partial charge < -0.3 is 54.7 Å². The topological polar surface area (TPSA) is 228 Å². The molecule has 1 aliphatic rings. The van der Waals surface area contributed by atoms with E-state index in [9.17, 15) is 45.3 Å². The normalized spacial score (nSPS) is 24.7. The van der Waals surface area contributed by atoms with Crippen LogP contribution in [0, 0.1) is 0 Å². The van der Waals surface area contributed by atoms with Gasteiger partial charge in [-0.3, -0.25) is 4.79 Å². The van der Waals surface area contributed by atoms with Crippen molar-refractivity contribution < 1.29 is 59.5 Å². The molecular formula is C21H18O13. The molecule has 1 fully saturated rings. The number of aliphatic hydroxyl groups is 3. The fraction of sp³-hybridized carbons (Fsp3) is 0.238. The zero-order chi connectivity index (χ0) is 24.9. The largest absolute Gasteiger partial charge is 0.508 e. The second-order valence-electron chi connectivity index (χ2n) is 7.48. The van der Waals surface area contributed by atoms with E-state index in [0.717, 1.165) is 24.3 Å².